The summed E-state index contributed by atoms with van der Waals surface area (Å²) in [5.74, 6) is -0.150. The molecule has 0 amide bonds. The van der Waals surface area contributed by atoms with Gasteiger partial charge in [-0.2, -0.15) is 0 Å². The standard InChI is InChI=1S/C15H25FN2/c1-5-13(6-2)18(4)15-12(10-11(3)17)8-7-9-14(15)16/h7-9,11,13H,5-6,10,17H2,1-4H3. The summed E-state index contributed by atoms with van der Waals surface area (Å²) < 4.78 is 14.1. The Morgan fingerprint density at radius 1 is 1.28 bits per heavy atom. The summed E-state index contributed by atoms with van der Waals surface area (Å²) in [5.41, 5.74) is 7.55. The second kappa shape index (κ2) is 6.74. The molecule has 0 spiro atoms. The van der Waals surface area contributed by atoms with Gasteiger partial charge in [0.15, 0.2) is 0 Å². The van der Waals surface area contributed by atoms with E-state index >= 15 is 0 Å². The zero-order valence-electron chi connectivity index (χ0n) is 11.9. The largest absolute Gasteiger partial charge is 0.369 e. The molecule has 102 valence electrons. The van der Waals surface area contributed by atoms with E-state index in [0.29, 0.717) is 18.2 Å². The number of halogens is 1. The first-order valence-corrected chi connectivity index (χ1v) is 6.77. The molecule has 1 atom stereocenters. The fraction of sp³-hybridized carbons (Fsp3) is 0.600. The Kier molecular flexibility index (Phi) is 5.60. The maximum absolute atomic E-state index is 14.1. The molecule has 0 aliphatic rings. The highest BCUT2D eigenvalue weighted by molar-refractivity contribution is 5.55. The maximum Gasteiger partial charge on any atom is 0.146 e. The minimum Gasteiger partial charge on any atom is -0.369 e. The molecule has 0 heterocycles. The molecule has 0 radical (unpaired) electrons. The van der Waals surface area contributed by atoms with Gasteiger partial charge >= 0.3 is 0 Å². The first kappa shape index (κ1) is 15.0. The predicted octanol–water partition coefficient (Wildman–Crippen LogP) is 3.34. The number of hydrogen-bond donors (Lipinski definition) is 1. The van der Waals surface area contributed by atoms with Crippen LogP contribution >= 0.6 is 0 Å². The smallest absolute Gasteiger partial charge is 0.146 e. The normalized spacial score (nSPS) is 12.8. The third-order valence-corrected chi connectivity index (χ3v) is 3.46. The zero-order valence-corrected chi connectivity index (χ0v) is 11.9. The van der Waals surface area contributed by atoms with Gasteiger partial charge in [-0.25, -0.2) is 4.39 Å². The molecule has 0 aliphatic carbocycles. The summed E-state index contributed by atoms with van der Waals surface area (Å²) in [5, 5.41) is 0. The van der Waals surface area contributed by atoms with Crippen molar-refractivity contribution in [1.82, 2.24) is 0 Å². The number of hydrogen-bond acceptors (Lipinski definition) is 2. The van der Waals surface area contributed by atoms with Gasteiger partial charge in [0.25, 0.3) is 0 Å². The number of nitrogens with zero attached hydrogens (tertiary/aromatic N) is 1. The van der Waals surface area contributed by atoms with Gasteiger partial charge in [0, 0.05) is 19.1 Å². The molecule has 1 unspecified atom stereocenters. The fourth-order valence-corrected chi connectivity index (χ4v) is 2.49. The van der Waals surface area contributed by atoms with Crippen molar-refractivity contribution in [3.8, 4) is 0 Å². The number of benzene rings is 1. The molecular formula is C15H25FN2. The molecule has 0 bridgehead atoms. The number of rotatable bonds is 6. The van der Waals surface area contributed by atoms with Gasteiger partial charge in [0.2, 0.25) is 0 Å². The molecule has 2 nitrogen and oxygen atoms in total. The number of nitrogens with two attached hydrogens (primary N) is 1. The first-order valence-electron chi connectivity index (χ1n) is 6.77. The number of anilines is 1. The molecular weight excluding hydrogens is 227 g/mol. The minimum absolute atomic E-state index is 0.0423. The lowest BCUT2D eigenvalue weighted by atomic mass is 10.0. The molecule has 3 heteroatoms. The Morgan fingerprint density at radius 3 is 2.39 bits per heavy atom. The van der Waals surface area contributed by atoms with Gasteiger partial charge in [-0.15, -0.1) is 0 Å². The molecule has 0 aromatic heterocycles. The van der Waals surface area contributed by atoms with Crippen molar-refractivity contribution in [3.63, 3.8) is 0 Å². The van der Waals surface area contributed by atoms with E-state index in [9.17, 15) is 4.39 Å². The Hall–Kier alpha value is -1.09. The maximum atomic E-state index is 14.1. The lowest BCUT2D eigenvalue weighted by Gasteiger charge is -2.31. The summed E-state index contributed by atoms with van der Waals surface area (Å²) in [4.78, 5) is 2.06. The Morgan fingerprint density at radius 2 is 1.89 bits per heavy atom. The Labute approximate surface area is 110 Å². The minimum atomic E-state index is -0.150. The second-order valence-electron chi connectivity index (χ2n) is 5.01. The van der Waals surface area contributed by atoms with E-state index in [1.807, 2.05) is 20.0 Å². The van der Waals surface area contributed by atoms with Crippen LogP contribution in [0.15, 0.2) is 18.2 Å². The molecule has 1 rings (SSSR count). The quantitative estimate of drug-likeness (QED) is 0.841. The lowest BCUT2D eigenvalue weighted by Crippen LogP contribution is -2.32. The monoisotopic (exact) mass is 252 g/mol. The first-order chi connectivity index (χ1) is 8.51. The third-order valence-electron chi connectivity index (χ3n) is 3.46. The van der Waals surface area contributed by atoms with E-state index in [1.54, 1.807) is 6.07 Å². The van der Waals surface area contributed by atoms with Crippen LogP contribution in [0.4, 0.5) is 10.1 Å². The average molecular weight is 252 g/mol. The van der Waals surface area contributed by atoms with E-state index in [2.05, 4.69) is 18.7 Å². The van der Waals surface area contributed by atoms with Crippen LogP contribution < -0.4 is 10.6 Å². The fourth-order valence-electron chi connectivity index (χ4n) is 2.49. The third kappa shape index (κ3) is 3.45. The van der Waals surface area contributed by atoms with Crippen molar-refractivity contribution >= 4 is 5.69 Å². The zero-order chi connectivity index (χ0) is 13.7. The average Bonchev–Trinajstić information content (AvgIpc) is 2.29. The van der Waals surface area contributed by atoms with E-state index < -0.39 is 0 Å². The summed E-state index contributed by atoms with van der Waals surface area (Å²) >= 11 is 0. The van der Waals surface area contributed by atoms with Crippen LogP contribution in [-0.4, -0.2) is 19.1 Å². The molecule has 1 aromatic carbocycles. The number of para-hydroxylation sites is 1. The van der Waals surface area contributed by atoms with Gasteiger partial charge in [-0.05, 0) is 37.8 Å². The van der Waals surface area contributed by atoms with Crippen LogP contribution in [0.3, 0.4) is 0 Å². The Bertz CT molecular complexity index is 373. The van der Waals surface area contributed by atoms with E-state index in [-0.39, 0.29) is 11.9 Å². The van der Waals surface area contributed by atoms with E-state index in [0.717, 1.165) is 18.4 Å². The second-order valence-corrected chi connectivity index (χ2v) is 5.01. The van der Waals surface area contributed by atoms with Gasteiger partial charge in [-0.3, -0.25) is 0 Å². The summed E-state index contributed by atoms with van der Waals surface area (Å²) in [6.45, 7) is 6.22. The van der Waals surface area contributed by atoms with Crippen LogP contribution in [0.5, 0.6) is 0 Å². The van der Waals surface area contributed by atoms with Crippen LogP contribution in [0, 0.1) is 5.82 Å². The molecule has 0 fully saturated rings. The molecule has 18 heavy (non-hydrogen) atoms. The predicted molar refractivity (Wildman–Crippen MR) is 76.5 cm³/mol. The van der Waals surface area contributed by atoms with Crippen molar-refractivity contribution < 1.29 is 4.39 Å². The van der Waals surface area contributed by atoms with Crippen molar-refractivity contribution in [1.29, 1.82) is 0 Å². The highest BCUT2D eigenvalue weighted by Crippen LogP contribution is 2.27. The van der Waals surface area contributed by atoms with Gasteiger partial charge in [-0.1, -0.05) is 26.0 Å². The van der Waals surface area contributed by atoms with Crippen LogP contribution in [0.1, 0.15) is 39.2 Å². The summed E-state index contributed by atoms with van der Waals surface area (Å²) in [6.07, 6.45) is 2.73. The van der Waals surface area contributed by atoms with Crippen molar-refractivity contribution in [2.24, 2.45) is 5.73 Å². The molecule has 1 aromatic rings. The molecule has 0 saturated carbocycles. The van der Waals surface area contributed by atoms with Gasteiger partial charge in [0.05, 0.1) is 5.69 Å². The van der Waals surface area contributed by atoms with Gasteiger partial charge in [0.1, 0.15) is 5.82 Å². The van der Waals surface area contributed by atoms with Crippen molar-refractivity contribution in [2.75, 3.05) is 11.9 Å². The lowest BCUT2D eigenvalue weighted by molar-refractivity contribution is 0.561. The van der Waals surface area contributed by atoms with Crippen LogP contribution in [0.25, 0.3) is 0 Å². The van der Waals surface area contributed by atoms with Crippen molar-refractivity contribution in [2.45, 2.75) is 52.1 Å². The van der Waals surface area contributed by atoms with Crippen LogP contribution in [0.2, 0.25) is 0 Å². The van der Waals surface area contributed by atoms with Crippen LogP contribution in [-0.2, 0) is 6.42 Å². The summed E-state index contributed by atoms with van der Waals surface area (Å²) in [6, 6.07) is 5.67. The summed E-state index contributed by atoms with van der Waals surface area (Å²) in [7, 11) is 1.97. The van der Waals surface area contributed by atoms with E-state index in [4.69, 9.17) is 5.73 Å². The highest BCUT2D eigenvalue weighted by atomic mass is 19.1. The topological polar surface area (TPSA) is 29.3 Å². The Balaban J connectivity index is 3.12. The SMILES string of the molecule is CCC(CC)N(C)c1c(F)cccc1CC(C)N. The highest BCUT2D eigenvalue weighted by Gasteiger charge is 2.18. The van der Waals surface area contributed by atoms with Gasteiger partial charge < -0.3 is 10.6 Å². The molecule has 0 aliphatic heterocycles. The molecule has 2 N–H and O–H groups in total. The molecule has 0 saturated heterocycles. The van der Waals surface area contributed by atoms with Crippen molar-refractivity contribution in [3.05, 3.63) is 29.6 Å². The van der Waals surface area contributed by atoms with E-state index in [1.165, 1.54) is 6.07 Å².